The van der Waals surface area contributed by atoms with Crippen molar-refractivity contribution in [2.45, 2.75) is 61.3 Å². The van der Waals surface area contributed by atoms with Crippen LogP contribution in [0.1, 0.15) is 45.4 Å². The lowest BCUT2D eigenvalue weighted by atomic mass is 9.48. The molecule has 1 aromatic rings. The summed E-state index contributed by atoms with van der Waals surface area (Å²) in [5, 5.41) is 0. The van der Waals surface area contributed by atoms with Crippen LogP contribution in [0.5, 0.6) is 0 Å². The molecule has 1 N–H and O–H groups in total. The topological polar surface area (TPSA) is 80.3 Å². The fraction of sp³-hybridized carbons (Fsp3) is 0.684. The third kappa shape index (κ3) is 3.12. The highest BCUT2D eigenvalue weighted by Gasteiger charge is 2.53. The molecule has 1 atom stereocenters. The summed E-state index contributed by atoms with van der Waals surface area (Å²) in [6, 6.07) is 5.68. The molecule has 0 aliphatic heterocycles. The Morgan fingerprint density at radius 1 is 0.923 bits per heavy atom. The van der Waals surface area contributed by atoms with Crippen molar-refractivity contribution in [3.05, 3.63) is 24.3 Å². The van der Waals surface area contributed by atoms with Gasteiger partial charge in [0.15, 0.2) is 9.84 Å². The molecule has 1 aromatic carbocycles. The standard InChI is InChI=1S/C19H27NO4S2/c1-13(19-10-14-7-15(11-19)9-16(8-14)12-19)20-26(23,24)18-6-4-3-5-17(18)25(2,21)22/h3-6,13-16,20H,7-12H2,1-2H3. The van der Waals surface area contributed by atoms with E-state index in [9.17, 15) is 16.8 Å². The Kier molecular flexibility index (Phi) is 4.29. The molecule has 0 aromatic heterocycles. The summed E-state index contributed by atoms with van der Waals surface area (Å²) in [4.78, 5) is -0.274. The Hall–Kier alpha value is -0.920. The Bertz CT molecular complexity index is 885. The molecule has 144 valence electrons. The minimum Gasteiger partial charge on any atom is -0.224 e. The number of nitrogens with one attached hydrogen (secondary N) is 1. The molecular weight excluding hydrogens is 370 g/mol. The molecule has 0 radical (unpaired) electrons. The molecule has 5 rings (SSSR count). The van der Waals surface area contributed by atoms with Gasteiger partial charge in [-0.1, -0.05) is 12.1 Å². The second-order valence-corrected chi connectivity index (χ2v) is 12.5. The van der Waals surface area contributed by atoms with Gasteiger partial charge >= 0.3 is 0 Å². The fourth-order valence-electron chi connectivity index (χ4n) is 6.11. The molecule has 0 spiro atoms. The maximum Gasteiger partial charge on any atom is 0.242 e. The van der Waals surface area contributed by atoms with Crippen LogP contribution in [-0.4, -0.2) is 29.1 Å². The summed E-state index contributed by atoms with van der Waals surface area (Å²) in [6.07, 6.45) is 8.23. The average Bonchev–Trinajstić information content (AvgIpc) is 2.52. The van der Waals surface area contributed by atoms with Crippen LogP contribution >= 0.6 is 0 Å². The summed E-state index contributed by atoms with van der Waals surface area (Å²) in [6.45, 7) is 1.97. The Morgan fingerprint density at radius 2 is 1.38 bits per heavy atom. The van der Waals surface area contributed by atoms with Crippen LogP contribution in [0.25, 0.3) is 0 Å². The van der Waals surface area contributed by atoms with E-state index >= 15 is 0 Å². The highest BCUT2D eigenvalue weighted by Crippen LogP contribution is 2.61. The zero-order valence-electron chi connectivity index (χ0n) is 15.3. The van der Waals surface area contributed by atoms with Crippen molar-refractivity contribution >= 4 is 19.9 Å². The lowest BCUT2D eigenvalue weighted by Gasteiger charge is -2.59. The smallest absolute Gasteiger partial charge is 0.224 e. The van der Waals surface area contributed by atoms with E-state index in [1.807, 2.05) is 6.92 Å². The predicted molar refractivity (Wildman–Crippen MR) is 99.9 cm³/mol. The predicted octanol–water partition coefficient (Wildman–Crippen LogP) is 2.97. The van der Waals surface area contributed by atoms with Crippen molar-refractivity contribution in [2.75, 3.05) is 6.26 Å². The van der Waals surface area contributed by atoms with Crippen molar-refractivity contribution in [1.29, 1.82) is 0 Å². The van der Waals surface area contributed by atoms with E-state index < -0.39 is 19.9 Å². The maximum absolute atomic E-state index is 13.0. The van der Waals surface area contributed by atoms with Gasteiger partial charge in [0.05, 0.1) is 4.90 Å². The van der Waals surface area contributed by atoms with Crippen LogP contribution in [0.3, 0.4) is 0 Å². The Morgan fingerprint density at radius 3 is 1.85 bits per heavy atom. The Labute approximate surface area is 156 Å². The van der Waals surface area contributed by atoms with Crippen LogP contribution in [0.4, 0.5) is 0 Å². The summed E-state index contributed by atoms with van der Waals surface area (Å²) in [5.74, 6) is 2.20. The van der Waals surface area contributed by atoms with Crippen molar-refractivity contribution in [2.24, 2.45) is 23.2 Å². The van der Waals surface area contributed by atoms with Gasteiger partial charge in [-0.25, -0.2) is 21.6 Å². The van der Waals surface area contributed by atoms with Crippen LogP contribution in [0, 0.1) is 23.2 Å². The highest BCUT2D eigenvalue weighted by atomic mass is 32.2. The van der Waals surface area contributed by atoms with Crippen LogP contribution in [0.2, 0.25) is 0 Å². The molecule has 7 heteroatoms. The van der Waals surface area contributed by atoms with Gasteiger partial charge in [-0.2, -0.15) is 0 Å². The molecule has 26 heavy (non-hydrogen) atoms. The Balaban J connectivity index is 1.63. The van der Waals surface area contributed by atoms with Gasteiger partial charge in [-0.15, -0.1) is 0 Å². The van der Waals surface area contributed by atoms with Gasteiger partial charge < -0.3 is 0 Å². The van der Waals surface area contributed by atoms with Gasteiger partial charge in [0.2, 0.25) is 10.0 Å². The second kappa shape index (κ2) is 6.04. The first-order valence-corrected chi connectivity index (χ1v) is 12.8. The molecule has 4 aliphatic rings. The van der Waals surface area contributed by atoms with Crippen LogP contribution in [-0.2, 0) is 19.9 Å². The monoisotopic (exact) mass is 397 g/mol. The zero-order valence-corrected chi connectivity index (χ0v) is 16.9. The minimum atomic E-state index is -3.90. The van der Waals surface area contributed by atoms with Gasteiger partial charge in [0.1, 0.15) is 4.90 Å². The van der Waals surface area contributed by atoms with Crippen molar-refractivity contribution in [3.8, 4) is 0 Å². The van der Waals surface area contributed by atoms with E-state index in [-0.39, 0.29) is 21.2 Å². The number of benzene rings is 1. The van der Waals surface area contributed by atoms with Gasteiger partial charge in [0, 0.05) is 12.3 Å². The minimum absolute atomic E-state index is 0.0296. The first kappa shape index (κ1) is 18.4. The molecule has 5 nitrogen and oxygen atoms in total. The van der Waals surface area contributed by atoms with Gasteiger partial charge in [-0.05, 0) is 80.8 Å². The van der Waals surface area contributed by atoms with E-state index in [0.29, 0.717) is 0 Å². The van der Waals surface area contributed by atoms with Crippen LogP contribution in [0.15, 0.2) is 34.1 Å². The molecular formula is C19H27NO4S2. The van der Waals surface area contributed by atoms with Gasteiger partial charge in [-0.3, -0.25) is 0 Å². The number of sulfone groups is 1. The van der Waals surface area contributed by atoms with Crippen LogP contribution < -0.4 is 4.72 Å². The van der Waals surface area contributed by atoms with E-state index in [2.05, 4.69) is 4.72 Å². The summed E-state index contributed by atoms with van der Waals surface area (Å²) < 4.78 is 52.9. The normalized spacial score (nSPS) is 34.8. The summed E-state index contributed by atoms with van der Waals surface area (Å²) >= 11 is 0. The van der Waals surface area contributed by atoms with Crippen molar-refractivity contribution < 1.29 is 16.8 Å². The molecule has 4 saturated carbocycles. The number of rotatable bonds is 5. The molecule has 4 bridgehead atoms. The SMILES string of the molecule is CC(NS(=O)(=O)c1ccccc1S(C)(=O)=O)C12CC3CC(CC(C3)C1)C2. The lowest BCUT2D eigenvalue weighted by molar-refractivity contribution is -0.0666. The first-order chi connectivity index (χ1) is 12.1. The quantitative estimate of drug-likeness (QED) is 0.828. The summed E-state index contributed by atoms with van der Waals surface area (Å²) in [7, 11) is -7.51. The molecule has 0 heterocycles. The molecule has 0 amide bonds. The largest absolute Gasteiger partial charge is 0.242 e. The molecule has 4 aliphatic carbocycles. The highest BCUT2D eigenvalue weighted by molar-refractivity contribution is 7.93. The fourth-order valence-corrected chi connectivity index (χ4v) is 9.08. The number of hydrogen-bond donors (Lipinski definition) is 1. The first-order valence-electron chi connectivity index (χ1n) is 9.40. The summed E-state index contributed by atoms with van der Waals surface area (Å²) in [5.41, 5.74) is 0.0296. The van der Waals surface area contributed by atoms with Crippen molar-refractivity contribution in [1.82, 2.24) is 4.72 Å². The molecule has 0 saturated heterocycles. The maximum atomic E-state index is 13.0. The second-order valence-electron chi connectivity index (χ2n) is 8.84. The molecule has 4 fully saturated rings. The third-order valence-electron chi connectivity index (χ3n) is 6.87. The molecule has 1 unspecified atom stereocenters. The van der Waals surface area contributed by atoms with Crippen molar-refractivity contribution in [3.63, 3.8) is 0 Å². The third-order valence-corrected chi connectivity index (χ3v) is 9.76. The van der Waals surface area contributed by atoms with E-state index in [4.69, 9.17) is 0 Å². The average molecular weight is 398 g/mol. The number of hydrogen-bond acceptors (Lipinski definition) is 4. The number of sulfonamides is 1. The van der Waals surface area contributed by atoms with Gasteiger partial charge in [0.25, 0.3) is 0 Å². The van der Waals surface area contributed by atoms with E-state index in [1.165, 1.54) is 31.4 Å². The van der Waals surface area contributed by atoms with E-state index in [1.54, 1.807) is 12.1 Å². The zero-order chi connectivity index (χ0) is 18.7. The van der Waals surface area contributed by atoms with E-state index in [0.717, 1.165) is 43.3 Å². The lowest BCUT2D eigenvalue weighted by Crippen LogP contribution is -2.55.